The number of carbonyl (C=O) groups excluding carboxylic acids is 1. The van der Waals surface area contributed by atoms with E-state index in [-0.39, 0.29) is 11.8 Å². The molecule has 0 radical (unpaired) electrons. The lowest BCUT2D eigenvalue weighted by Gasteiger charge is -2.32. The molecule has 1 aliphatic carbocycles. The first kappa shape index (κ1) is 12.5. The molecule has 4 atom stereocenters. The van der Waals surface area contributed by atoms with Gasteiger partial charge in [0.25, 0.3) is 0 Å². The summed E-state index contributed by atoms with van der Waals surface area (Å²) in [5.74, 6) is 0.834. The Hall–Kier alpha value is -0.570. The maximum Gasteiger partial charge on any atom is 0.223 e. The van der Waals surface area contributed by atoms with Crippen LogP contribution in [0.4, 0.5) is 0 Å². The fourth-order valence-corrected chi connectivity index (χ4v) is 2.28. The number of carbonyl (C=O) groups is 1. The van der Waals surface area contributed by atoms with Gasteiger partial charge in [0.2, 0.25) is 5.91 Å². The number of hydrogen-bond acceptors (Lipinski definition) is 2. The normalized spacial score (nSPS) is 33.5. The van der Waals surface area contributed by atoms with Gasteiger partial charge in [-0.2, -0.15) is 0 Å². The molecule has 88 valence electrons. The van der Waals surface area contributed by atoms with Crippen LogP contribution in [0.5, 0.6) is 0 Å². The van der Waals surface area contributed by atoms with Crippen molar-refractivity contribution in [2.75, 3.05) is 0 Å². The highest BCUT2D eigenvalue weighted by molar-refractivity contribution is 5.79. The van der Waals surface area contributed by atoms with Gasteiger partial charge in [0.05, 0.1) is 0 Å². The number of nitrogens with one attached hydrogen (secondary N) is 1. The average molecular weight is 212 g/mol. The number of amides is 1. The van der Waals surface area contributed by atoms with Gasteiger partial charge in [-0.15, -0.1) is 0 Å². The topological polar surface area (TPSA) is 55.1 Å². The minimum Gasteiger partial charge on any atom is -0.353 e. The van der Waals surface area contributed by atoms with Crippen LogP contribution >= 0.6 is 0 Å². The molecule has 0 aliphatic heterocycles. The second kappa shape index (κ2) is 5.50. The molecule has 4 unspecified atom stereocenters. The quantitative estimate of drug-likeness (QED) is 0.747. The van der Waals surface area contributed by atoms with E-state index in [2.05, 4.69) is 26.1 Å². The molecule has 1 fully saturated rings. The van der Waals surface area contributed by atoms with E-state index in [9.17, 15) is 4.79 Å². The van der Waals surface area contributed by atoms with Crippen molar-refractivity contribution in [3.05, 3.63) is 0 Å². The van der Waals surface area contributed by atoms with Crippen molar-refractivity contribution >= 4 is 5.91 Å². The molecule has 1 saturated carbocycles. The highest BCUT2D eigenvalue weighted by atomic mass is 16.1. The van der Waals surface area contributed by atoms with E-state index in [1.807, 2.05) is 0 Å². The predicted octanol–water partition coefficient (Wildman–Crippen LogP) is 1.66. The summed E-state index contributed by atoms with van der Waals surface area (Å²) in [7, 11) is 0. The van der Waals surface area contributed by atoms with Crippen molar-refractivity contribution in [2.45, 2.75) is 58.5 Å². The van der Waals surface area contributed by atoms with Crippen molar-refractivity contribution < 1.29 is 4.79 Å². The lowest BCUT2D eigenvalue weighted by Crippen LogP contribution is -2.43. The highest BCUT2D eigenvalue weighted by Crippen LogP contribution is 2.29. The van der Waals surface area contributed by atoms with E-state index in [4.69, 9.17) is 5.73 Å². The van der Waals surface area contributed by atoms with E-state index < -0.39 is 0 Å². The van der Waals surface area contributed by atoms with Crippen LogP contribution in [-0.4, -0.2) is 18.0 Å². The van der Waals surface area contributed by atoms with E-state index in [0.717, 1.165) is 25.7 Å². The lowest BCUT2D eigenvalue weighted by molar-refractivity contribution is -0.128. The van der Waals surface area contributed by atoms with Crippen LogP contribution in [0.15, 0.2) is 0 Å². The number of nitrogens with two attached hydrogens (primary N) is 1. The van der Waals surface area contributed by atoms with Gasteiger partial charge in [-0.3, -0.25) is 4.79 Å². The van der Waals surface area contributed by atoms with Crippen LogP contribution < -0.4 is 11.1 Å². The summed E-state index contributed by atoms with van der Waals surface area (Å²) >= 11 is 0. The highest BCUT2D eigenvalue weighted by Gasteiger charge is 2.31. The number of rotatable bonds is 3. The van der Waals surface area contributed by atoms with Gasteiger partial charge in [0.15, 0.2) is 0 Å². The summed E-state index contributed by atoms with van der Waals surface area (Å²) in [6.07, 6.45) is 3.92. The Labute approximate surface area is 92.8 Å². The maximum atomic E-state index is 11.9. The standard InChI is InChI=1S/C12H24N2O/c1-4-9(3)14-12(15)11-6-5-10(13)7-8(11)2/h8-11H,4-7,13H2,1-3H3,(H,14,15). The third kappa shape index (κ3) is 3.49. The lowest BCUT2D eigenvalue weighted by atomic mass is 9.77. The first-order chi connectivity index (χ1) is 7.04. The summed E-state index contributed by atoms with van der Waals surface area (Å²) in [6, 6.07) is 0.591. The van der Waals surface area contributed by atoms with Gasteiger partial charge in [-0.25, -0.2) is 0 Å². The molecule has 0 aromatic heterocycles. The van der Waals surface area contributed by atoms with Crippen molar-refractivity contribution in [1.82, 2.24) is 5.32 Å². The second-order valence-corrected chi connectivity index (χ2v) is 4.97. The summed E-state index contributed by atoms with van der Waals surface area (Å²) in [6.45, 7) is 6.28. The van der Waals surface area contributed by atoms with E-state index >= 15 is 0 Å². The molecule has 3 heteroatoms. The van der Waals surface area contributed by atoms with E-state index in [1.54, 1.807) is 0 Å². The molecule has 0 spiro atoms. The molecular weight excluding hydrogens is 188 g/mol. The zero-order valence-corrected chi connectivity index (χ0v) is 10.1. The number of hydrogen-bond donors (Lipinski definition) is 2. The van der Waals surface area contributed by atoms with E-state index in [0.29, 0.717) is 18.0 Å². The van der Waals surface area contributed by atoms with Crippen LogP contribution in [0.3, 0.4) is 0 Å². The monoisotopic (exact) mass is 212 g/mol. The first-order valence-electron chi connectivity index (χ1n) is 6.10. The summed E-state index contributed by atoms with van der Waals surface area (Å²) < 4.78 is 0. The van der Waals surface area contributed by atoms with Gasteiger partial charge in [0, 0.05) is 18.0 Å². The van der Waals surface area contributed by atoms with E-state index in [1.165, 1.54) is 0 Å². The fourth-order valence-electron chi connectivity index (χ4n) is 2.28. The molecule has 1 rings (SSSR count). The first-order valence-corrected chi connectivity index (χ1v) is 6.10. The summed E-state index contributed by atoms with van der Waals surface area (Å²) in [4.78, 5) is 11.9. The van der Waals surface area contributed by atoms with Gasteiger partial charge >= 0.3 is 0 Å². The fraction of sp³-hybridized carbons (Fsp3) is 0.917. The average Bonchev–Trinajstić information content (AvgIpc) is 2.17. The molecule has 0 aromatic rings. The van der Waals surface area contributed by atoms with Crippen LogP contribution in [0.1, 0.15) is 46.5 Å². The largest absolute Gasteiger partial charge is 0.353 e. The molecule has 0 heterocycles. The van der Waals surface area contributed by atoms with Gasteiger partial charge < -0.3 is 11.1 Å². The van der Waals surface area contributed by atoms with Gasteiger partial charge in [-0.05, 0) is 38.5 Å². The Balaban J connectivity index is 2.45. The molecule has 1 amide bonds. The molecular formula is C12H24N2O. The molecule has 1 aliphatic rings. The Morgan fingerprint density at radius 3 is 2.73 bits per heavy atom. The summed E-state index contributed by atoms with van der Waals surface area (Å²) in [5, 5.41) is 3.06. The van der Waals surface area contributed by atoms with Crippen LogP contribution in [-0.2, 0) is 4.79 Å². The van der Waals surface area contributed by atoms with Gasteiger partial charge in [0.1, 0.15) is 0 Å². The second-order valence-electron chi connectivity index (χ2n) is 4.97. The molecule has 0 aromatic carbocycles. The van der Waals surface area contributed by atoms with Crippen molar-refractivity contribution in [1.29, 1.82) is 0 Å². The molecule has 15 heavy (non-hydrogen) atoms. The van der Waals surface area contributed by atoms with Crippen molar-refractivity contribution in [3.63, 3.8) is 0 Å². The SMILES string of the molecule is CCC(C)NC(=O)C1CCC(N)CC1C. The van der Waals surface area contributed by atoms with Crippen molar-refractivity contribution in [2.24, 2.45) is 17.6 Å². The Morgan fingerprint density at radius 1 is 1.53 bits per heavy atom. The Kier molecular flexibility index (Phi) is 4.58. The van der Waals surface area contributed by atoms with Crippen LogP contribution in [0, 0.1) is 11.8 Å². The summed E-state index contributed by atoms with van der Waals surface area (Å²) in [5.41, 5.74) is 5.88. The van der Waals surface area contributed by atoms with Crippen molar-refractivity contribution in [3.8, 4) is 0 Å². The smallest absolute Gasteiger partial charge is 0.223 e. The van der Waals surface area contributed by atoms with Crippen LogP contribution in [0.2, 0.25) is 0 Å². The molecule has 3 N–H and O–H groups in total. The Morgan fingerprint density at radius 2 is 2.20 bits per heavy atom. The zero-order valence-electron chi connectivity index (χ0n) is 10.1. The minimum absolute atomic E-state index is 0.179. The third-order valence-corrected chi connectivity index (χ3v) is 3.55. The van der Waals surface area contributed by atoms with Gasteiger partial charge in [-0.1, -0.05) is 13.8 Å². The Bertz CT molecular complexity index is 218. The van der Waals surface area contributed by atoms with Crippen LogP contribution in [0.25, 0.3) is 0 Å². The molecule has 3 nitrogen and oxygen atoms in total. The molecule has 0 bridgehead atoms. The minimum atomic E-state index is 0.179. The zero-order chi connectivity index (χ0) is 11.4. The third-order valence-electron chi connectivity index (χ3n) is 3.55. The maximum absolute atomic E-state index is 11.9. The molecule has 0 saturated heterocycles. The predicted molar refractivity (Wildman–Crippen MR) is 62.4 cm³/mol.